The summed E-state index contributed by atoms with van der Waals surface area (Å²) in [6, 6.07) is 16.7. The van der Waals surface area contributed by atoms with E-state index in [-0.39, 0.29) is 22.4 Å². The molecular formula is C48H59ClN2O6. The van der Waals surface area contributed by atoms with Gasteiger partial charge >= 0.3 is 0 Å². The number of carbonyl (C=O) groups excluding carboxylic acids is 2. The lowest BCUT2D eigenvalue weighted by Crippen LogP contribution is -2.47. The average molecular weight is 795 g/mol. The fourth-order valence-corrected chi connectivity index (χ4v) is 10.2. The Morgan fingerprint density at radius 2 is 1.07 bits per heavy atom. The number of ketones is 2. The Hall–Kier alpha value is -3.37. The van der Waals surface area contributed by atoms with Gasteiger partial charge in [-0.05, 0) is 163 Å². The number of hydrogen-bond donors (Lipinski definition) is 1. The first kappa shape index (κ1) is 40.4. The lowest BCUT2D eigenvalue weighted by atomic mass is 9.85. The molecule has 2 spiro atoms. The number of carbonyl (C=O) groups is 2. The Kier molecular flexibility index (Phi) is 11.1. The van der Waals surface area contributed by atoms with Crippen molar-refractivity contribution in [1.29, 1.82) is 0 Å². The summed E-state index contributed by atoms with van der Waals surface area (Å²) in [4.78, 5) is 27.6. The van der Waals surface area contributed by atoms with E-state index in [9.17, 15) is 9.59 Å². The van der Waals surface area contributed by atoms with Crippen LogP contribution in [0, 0.1) is 10.8 Å². The second-order valence-electron chi connectivity index (χ2n) is 18.4. The second-order valence-corrected chi connectivity index (χ2v) is 18.8. The molecule has 6 aliphatic rings. The fourth-order valence-electron chi connectivity index (χ4n) is 9.94. The summed E-state index contributed by atoms with van der Waals surface area (Å²) in [5.41, 5.74) is 7.73. The molecule has 8 nitrogen and oxygen atoms in total. The Bertz CT molecular complexity index is 2170. The average Bonchev–Trinajstić information content (AvgIpc) is 4.01. The summed E-state index contributed by atoms with van der Waals surface area (Å²) in [6.07, 6.45) is 8.72. The van der Waals surface area contributed by atoms with Crippen LogP contribution >= 0.6 is 11.6 Å². The maximum atomic E-state index is 12.7. The first-order valence-corrected chi connectivity index (χ1v) is 21.4. The summed E-state index contributed by atoms with van der Waals surface area (Å²) in [6.45, 7) is 18.5. The molecule has 4 heterocycles. The molecule has 4 aliphatic heterocycles. The van der Waals surface area contributed by atoms with Crippen molar-refractivity contribution in [2.24, 2.45) is 10.8 Å². The van der Waals surface area contributed by atoms with E-state index in [2.05, 4.69) is 40.5 Å². The first-order valence-electron chi connectivity index (χ1n) is 21.0. The van der Waals surface area contributed by atoms with Gasteiger partial charge in [0.1, 0.15) is 0 Å². The summed E-state index contributed by atoms with van der Waals surface area (Å²) >= 11 is 6.39. The first-order chi connectivity index (χ1) is 27.2. The molecule has 2 aliphatic carbocycles. The van der Waals surface area contributed by atoms with Crippen LogP contribution in [0.4, 0.5) is 5.69 Å². The summed E-state index contributed by atoms with van der Waals surface area (Å²) < 4.78 is 23.9. The highest BCUT2D eigenvalue weighted by molar-refractivity contribution is 6.36. The van der Waals surface area contributed by atoms with E-state index in [0.29, 0.717) is 31.5 Å². The molecule has 0 atom stereocenters. The van der Waals surface area contributed by atoms with Gasteiger partial charge in [0.15, 0.2) is 23.1 Å². The number of nitrogens with one attached hydrogen (secondary N) is 1. The van der Waals surface area contributed by atoms with Gasteiger partial charge in [-0.15, -0.1) is 0 Å². The molecule has 57 heavy (non-hydrogen) atoms. The zero-order valence-electron chi connectivity index (χ0n) is 34.7. The van der Waals surface area contributed by atoms with Crippen molar-refractivity contribution in [2.75, 3.05) is 57.5 Å². The van der Waals surface area contributed by atoms with Crippen LogP contribution in [0.15, 0.2) is 48.5 Å². The van der Waals surface area contributed by atoms with Crippen molar-refractivity contribution in [2.45, 2.75) is 104 Å². The normalized spacial score (nSPS) is 22.2. The Balaban J connectivity index is 0.000000143. The van der Waals surface area contributed by atoms with Crippen molar-refractivity contribution in [3.63, 3.8) is 0 Å². The fraction of sp³-hybridized carbons (Fsp3) is 0.542. The van der Waals surface area contributed by atoms with Crippen LogP contribution in [-0.2, 0) is 44.6 Å². The number of fused-ring (bicyclic) bond motifs is 4. The summed E-state index contributed by atoms with van der Waals surface area (Å²) in [5.74, 6) is -0.793. The zero-order valence-corrected chi connectivity index (χ0v) is 35.5. The van der Waals surface area contributed by atoms with Crippen molar-refractivity contribution < 1.29 is 28.5 Å². The highest BCUT2D eigenvalue weighted by Crippen LogP contribution is 2.48. The highest BCUT2D eigenvalue weighted by Gasteiger charge is 2.47. The molecule has 0 unspecified atom stereocenters. The third-order valence-corrected chi connectivity index (χ3v) is 13.3. The number of anilines is 1. The molecule has 0 radical (unpaired) electrons. The predicted octanol–water partition coefficient (Wildman–Crippen LogP) is 9.44. The van der Waals surface area contributed by atoms with Gasteiger partial charge in [-0.25, -0.2) is 0 Å². The van der Waals surface area contributed by atoms with E-state index in [4.69, 9.17) is 30.5 Å². The van der Waals surface area contributed by atoms with Gasteiger partial charge in [-0.2, -0.15) is 0 Å². The minimum absolute atomic E-state index is 0.0484. The maximum absolute atomic E-state index is 12.7. The molecule has 4 aromatic rings. The molecular weight excluding hydrogens is 736 g/mol. The van der Waals surface area contributed by atoms with Crippen LogP contribution in [0.5, 0.6) is 0 Å². The molecule has 0 aromatic heterocycles. The van der Waals surface area contributed by atoms with E-state index < -0.39 is 11.6 Å². The van der Waals surface area contributed by atoms with Gasteiger partial charge in [-0.1, -0.05) is 35.9 Å². The third-order valence-electron chi connectivity index (χ3n) is 12.9. The molecule has 9 heteroatoms. The molecule has 4 aromatic carbocycles. The van der Waals surface area contributed by atoms with Crippen LogP contribution in [0.25, 0.3) is 21.5 Å². The maximum Gasteiger partial charge on any atom is 0.162 e. The molecule has 0 amide bonds. The Morgan fingerprint density at radius 3 is 1.53 bits per heavy atom. The lowest BCUT2D eigenvalue weighted by Gasteiger charge is -2.41. The van der Waals surface area contributed by atoms with Gasteiger partial charge in [0.2, 0.25) is 0 Å². The minimum Gasteiger partial charge on any atom is -0.371 e. The summed E-state index contributed by atoms with van der Waals surface area (Å²) in [5, 5.41) is 8.15. The van der Waals surface area contributed by atoms with Crippen LogP contribution in [0.3, 0.4) is 0 Å². The Labute approximate surface area is 342 Å². The molecule has 0 saturated carbocycles. The molecule has 0 bridgehead atoms. The highest BCUT2D eigenvalue weighted by atomic mass is 35.5. The van der Waals surface area contributed by atoms with E-state index in [1.54, 1.807) is 13.8 Å². The van der Waals surface area contributed by atoms with Crippen LogP contribution in [0.1, 0.15) is 110 Å². The molecule has 304 valence electrons. The van der Waals surface area contributed by atoms with Gasteiger partial charge < -0.3 is 29.2 Å². The second kappa shape index (κ2) is 15.7. The number of hydrogen-bond acceptors (Lipinski definition) is 8. The molecule has 4 saturated heterocycles. The smallest absolute Gasteiger partial charge is 0.162 e. The van der Waals surface area contributed by atoms with Crippen molar-refractivity contribution in [3.8, 4) is 0 Å². The number of halogens is 1. The molecule has 1 N–H and O–H groups in total. The third kappa shape index (κ3) is 8.15. The van der Waals surface area contributed by atoms with E-state index in [0.717, 1.165) is 71.6 Å². The van der Waals surface area contributed by atoms with E-state index in [1.165, 1.54) is 66.5 Å². The van der Waals surface area contributed by atoms with Crippen molar-refractivity contribution in [1.82, 2.24) is 5.32 Å². The van der Waals surface area contributed by atoms with Crippen LogP contribution in [0.2, 0.25) is 5.02 Å². The van der Waals surface area contributed by atoms with Crippen molar-refractivity contribution in [3.05, 3.63) is 86.9 Å². The van der Waals surface area contributed by atoms with E-state index >= 15 is 0 Å². The number of ether oxygens (including phenoxy) is 4. The molecule has 4 fully saturated rings. The molecule has 10 rings (SSSR count). The van der Waals surface area contributed by atoms with Crippen molar-refractivity contribution >= 4 is 50.4 Å². The summed E-state index contributed by atoms with van der Waals surface area (Å²) in [7, 11) is 0. The van der Waals surface area contributed by atoms with Crippen LogP contribution in [-0.4, -0.2) is 75.7 Å². The van der Waals surface area contributed by atoms with Gasteiger partial charge in [0, 0.05) is 56.5 Å². The van der Waals surface area contributed by atoms with Gasteiger partial charge in [0.05, 0.1) is 26.4 Å². The van der Waals surface area contributed by atoms with Gasteiger partial charge in [-0.3, -0.25) is 9.59 Å². The largest absolute Gasteiger partial charge is 0.371 e. The monoisotopic (exact) mass is 794 g/mol. The topological polar surface area (TPSA) is 86.3 Å². The number of benzene rings is 4. The number of nitrogens with zero attached hydrogens (tertiary/aromatic N) is 1. The lowest BCUT2D eigenvalue weighted by molar-refractivity contribution is -0.284. The SMILES string of the molecule is C1CCNC1.CC(=O)c1c2c(cc3c(Cl)cccc13)CC1(COC(C)(C)OC1)C2.CC(=O)c1c2c(cc3c(N4CCCC4)cccc13)CC1(COC(C)(C)OC1)C2. The quantitative estimate of drug-likeness (QED) is 0.206. The number of rotatable bonds is 3. The number of Topliss-reactive ketones (excluding diaryl/α,β-unsaturated/α-hetero) is 2. The van der Waals surface area contributed by atoms with E-state index in [1.807, 2.05) is 45.9 Å². The standard InChI is InChI=1S/C24H29NO3.C20H21ClO3.C4H9N/c1-16(26)22-18-7-6-8-21(25-9-4-5-10-25)19(18)11-17-12-24(13-20(17)22)14-27-23(2,3)28-15-24;1-12(22)18-14-5-4-6-17(21)15(14)7-13-8-20(9-16(13)18)10-23-19(2,3)24-11-20;1-2-4-5-3-1/h6-8,11H,4-5,9-10,12-15H2,1-3H3;4-7H,8-11H2,1-3H3;5H,1-4H2. The zero-order chi connectivity index (χ0) is 40.2. The van der Waals surface area contributed by atoms with Crippen LogP contribution < -0.4 is 10.2 Å². The Morgan fingerprint density at radius 1 is 0.614 bits per heavy atom. The van der Waals surface area contributed by atoms with Gasteiger partial charge in [0.25, 0.3) is 0 Å². The minimum atomic E-state index is -0.530. The predicted molar refractivity (Wildman–Crippen MR) is 228 cm³/mol.